The van der Waals surface area contributed by atoms with Crippen molar-refractivity contribution in [2.24, 2.45) is 0 Å². The molecule has 3 heterocycles. The van der Waals surface area contributed by atoms with Gasteiger partial charge in [-0.25, -0.2) is 4.98 Å². The molecule has 0 bridgehead atoms. The lowest BCUT2D eigenvalue weighted by Crippen LogP contribution is -2.39. The minimum absolute atomic E-state index is 0.0594. The zero-order valence-electron chi connectivity index (χ0n) is 17.9. The largest absolute Gasteiger partial charge is 0.455 e. The molecule has 2 aliphatic rings. The molecule has 7 nitrogen and oxygen atoms in total. The quantitative estimate of drug-likeness (QED) is 0.486. The zero-order chi connectivity index (χ0) is 23.3. The molecular formula is C23H20Cl3N5O2. The van der Waals surface area contributed by atoms with Crippen molar-refractivity contribution >= 4 is 58.0 Å². The van der Waals surface area contributed by atoms with Gasteiger partial charge in [0.1, 0.15) is 5.56 Å². The average molecular weight is 505 g/mol. The van der Waals surface area contributed by atoms with Crippen molar-refractivity contribution < 1.29 is 9.53 Å². The lowest BCUT2D eigenvalue weighted by atomic mass is 9.79. The Morgan fingerprint density at radius 2 is 1.91 bits per heavy atom. The number of hydrogen-bond donors (Lipinski definition) is 2. The maximum Gasteiger partial charge on any atom is 0.268 e. The number of amides is 1. The van der Waals surface area contributed by atoms with E-state index < -0.39 is 0 Å². The molecule has 1 amide bonds. The van der Waals surface area contributed by atoms with Gasteiger partial charge in [-0.2, -0.15) is 4.98 Å². The number of carbonyl (C=O) groups is 1. The Labute approximate surface area is 206 Å². The first-order valence-electron chi connectivity index (χ1n) is 10.3. The molecule has 0 spiro atoms. The van der Waals surface area contributed by atoms with Gasteiger partial charge in [0, 0.05) is 35.4 Å². The van der Waals surface area contributed by atoms with Crippen LogP contribution in [0.4, 0.5) is 17.3 Å². The van der Waals surface area contributed by atoms with E-state index in [1.165, 1.54) is 11.1 Å². The number of benzene rings is 2. The number of aromatic nitrogens is 2. The van der Waals surface area contributed by atoms with Gasteiger partial charge in [-0.1, -0.05) is 54.7 Å². The third-order valence-electron chi connectivity index (χ3n) is 5.75. The molecule has 0 radical (unpaired) electrons. The summed E-state index contributed by atoms with van der Waals surface area (Å²) in [6.07, 6.45) is 1.43. The second-order valence-corrected chi connectivity index (χ2v) is 9.82. The van der Waals surface area contributed by atoms with Crippen LogP contribution >= 0.6 is 34.8 Å². The molecule has 2 aliphatic heterocycles. The first-order valence-corrected chi connectivity index (χ1v) is 11.4. The van der Waals surface area contributed by atoms with Crippen molar-refractivity contribution in [3.8, 4) is 5.88 Å². The monoisotopic (exact) mass is 503 g/mol. The zero-order valence-corrected chi connectivity index (χ0v) is 20.1. The first-order chi connectivity index (χ1) is 15.7. The van der Waals surface area contributed by atoms with Gasteiger partial charge in [-0.3, -0.25) is 9.69 Å². The van der Waals surface area contributed by atoms with Crippen LogP contribution in [-0.2, 0) is 12.0 Å². The number of halogens is 3. The molecule has 5 rings (SSSR count). The van der Waals surface area contributed by atoms with E-state index in [4.69, 9.17) is 39.5 Å². The molecule has 1 aromatic heterocycles. The van der Waals surface area contributed by atoms with Crippen LogP contribution in [0.5, 0.6) is 5.88 Å². The van der Waals surface area contributed by atoms with Crippen LogP contribution in [0.3, 0.4) is 0 Å². The molecule has 0 fully saturated rings. The molecule has 3 aromatic rings. The van der Waals surface area contributed by atoms with Gasteiger partial charge in [0.25, 0.3) is 5.91 Å². The van der Waals surface area contributed by atoms with E-state index in [-0.39, 0.29) is 29.5 Å². The first kappa shape index (κ1) is 22.2. The van der Waals surface area contributed by atoms with Crippen LogP contribution in [-0.4, -0.2) is 29.2 Å². The van der Waals surface area contributed by atoms with E-state index in [0.29, 0.717) is 26.7 Å². The maximum atomic E-state index is 13.1. The fraction of sp³-hybridized carbons (Fsp3) is 0.261. The van der Waals surface area contributed by atoms with Gasteiger partial charge in [-0.05, 0) is 35.4 Å². The van der Waals surface area contributed by atoms with Crippen LogP contribution in [0.15, 0.2) is 36.5 Å². The Hall–Kier alpha value is -2.58. The third-order valence-corrected chi connectivity index (χ3v) is 6.66. The Balaban J connectivity index is 1.42. The highest BCUT2D eigenvalue weighted by molar-refractivity contribution is 6.40. The van der Waals surface area contributed by atoms with Gasteiger partial charge in [0.05, 0.1) is 15.7 Å². The molecule has 2 N–H and O–H groups in total. The summed E-state index contributed by atoms with van der Waals surface area (Å²) < 4.78 is 5.75. The Bertz CT molecular complexity index is 1260. The van der Waals surface area contributed by atoms with E-state index >= 15 is 0 Å². The number of carbonyl (C=O) groups excluding carboxylic acids is 1. The number of anilines is 3. The Kier molecular flexibility index (Phi) is 5.61. The van der Waals surface area contributed by atoms with Crippen LogP contribution in [0, 0.1) is 0 Å². The number of para-hydroxylation sites is 1. The molecule has 33 heavy (non-hydrogen) atoms. The van der Waals surface area contributed by atoms with Gasteiger partial charge in [0.15, 0.2) is 6.73 Å². The van der Waals surface area contributed by atoms with Crippen LogP contribution in [0.1, 0.15) is 35.3 Å². The van der Waals surface area contributed by atoms with Crippen molar-refractivity contribution in [3.05, 3.63) is 68.3 Å². The number of rotatable bonds is 3. The SMILES string of the molecule is CC1(C)CNCc2cc(Nc3ncc4c(n3)OCN(c3c(Cl)cccc3Cl)C4=O)cc(Cl)c21. The highest BCUT2D eigenvalue weighted by Crippen LogP contribution is 2.39. The summed E-state index contributed by atoms with van der Waals surface area (Å²) in [6.45, 7) is 5.85. The molecule has 10 heteroatoms. The number of nitrogens with one attached hydrogen (secondary N) is 2. The minimum atomic E-state index is -0.345. The van der Waals surface area contributed by atoms with Crippen LogP contribution in [0.2, 0.25) is 15.1 Å². The Morgan fingerprint density at radius 1 is 1.15 bits per heavy atom. The van der Waals surface area contributed by atoms with Gasteiger partial charge in [-0.15, -0.1) is 0 Å². The van der Waals surface area contributed by atoms with Crippen molar-refractivity contribution in [1.82, 2.24) is 15.3 Å². The van der Waals surface area contributed by atoms with E-state index in [0.717, 1.165) is 29.9 Å². The molecule has 0 aliphatic carbocycles. The number of fused-ring (bicyclic) bond motifs is 2. The van der Waals surface area contributed by atoms with E-state index in [2.05, 4.69) is 34.4 Å². The minimum Gasteiger partial charge on any atom is -0.455 e. The number of nitrogens with zero attached hydrogens (tertiary/aromatic N) is 3. The summed E-state index contributed by atoms with van der Waals surface area (Å²) in [5, 5.41) is 7.98. The summed E-state index contributed by atoms with van der Waals surface area (Å²) in [5.74, 6) is 0.136. The molecule has 0 saturated heterocycles. The molecule has 0 unspecified atom stereocenters. The maximum absolute atomic E-state index is 13.1. The van der Waals surface area contributed by atoms with E-state index in [1.54, 1.807) is 18.2 Å². The summed E-state index contributed by atoms with van der Waals surface area (Å²) in [6, 6.07) is 8.93. The van der Waals surface area contributed by atoms with Crippen molar-refractivity contribution in [2.75, 3.05) is 23.5 Å². The fourth-order valence-electron chi connectivity index (χ4n) is 4.29. The third kappa shape index (κ3) is 3.99. The lowest BCUT2D eigenvalue weighted by molar-refractivity contribution is 0.0932. The van der Waals surface area contributed by atoms with Crippen LogP contribution < -0.4 is 20.3 Å². The number of ether oxygens (including phenoxy) is 1. The lowest BCUT2D eigenvalue weighted by Gasteiger charge is -2.34. The van der Waals surface area contributed by atoms with Crippen molar-refractivity contribution in [3.63, 3.8) is 0 Å². The van der Waals surface area contributed by atoms with Crippen molar-refractivity contribution in [2.45, 2.75) is 25.8 Å². The average Bonchev–Trinajstić information content (AvgIpc) is 2.74. The highest BCUT2D eigenvalue weighted by Gasteiger charge is 2.32. The smallest absolute Gasteiger partial charge is 0.268 e. The summed E-state index contributed by atoms with van der Waals surface area (Å²) in [7, 11) is 0. The van der Waals surface area contributed by atoms with E-state index in [9.17, 15) is 4.79 Å². The van der Waals surface area contributed by atoms with Gasteiger partial charge >= 0.3 is 0 Å². The Morgan fingerprint density at radius 3 is 2.67 bits per heavy atom. The second-order valence-electron chi connectivity index (χ2n) is 8.59. The van der Waals surface area contributed by atoms with Gasteiger partial charge < -0.3 is 15.4 Å². The van der Waals surface area contributed by atoms with Crippen molar-refractivity contribution in [1.29, 1.82) is 0 Å². The van der Waals surface area contributed by atoms with Gasteiger partial charge in [0.2, 0.25) is 11.8 Å². The topological polar surface area (TPSA) is 79.4 Å². The standard InChI is InChI=1S/C23H20Cl3N5O2/c1-23(2)10-27-8-12-6-13(7-17(26)18(12)23)29-22-28-9-14-20(30-22)33-11-31(21(14)32)19-15(24)4-3-5-16(19)25/h3-7,9,27H,8,10-11H2,1-2H3,(H,28,29,30). The molecule has 2 aromatic carbocycles. The molecule has 170 valence electrons. The summed E-state index contributed by atoms with van der Waals surface area (Å²) in [5.41, 5.74) is 3.57. The second kappa shape index (κ2) is 8.33. The molecular weight excluding hydrogens is 485 g/mol. The summed E-state index contributed by atoms with van der Waals surface area (Å²) >= 11 is 19.1. The highest BCUT2D eigenvalue weighted by atomic mass is 35.5. The van der Waals surface area contributed by atoms with E-state index in [1.807, 2.05) is 12.1 Å². The predicted octanol–water partition coefficient (Wildman–Crippen LogP) is 5.56. The fourth-order valence-corrected chi connectivity index (χ4v) is 5.38. The molecule has 0 atom stereocenters. The summed E-state index contributed by atoms with van der Waals surface area (Å²) in [4.78, 5) is 23.1. The molecule has 0 saturated carbocycles. The number of hydrogen-bond acceptors (Lipinski definition) is 6. The predicted molar refractivity (Wildman–Crippen MR) is 130 cm³/mol. The normalized spacial score (nSPS) is 16.6. The van der Waals surface area contributed by atoms with Crippen LogP contribution in [0.25, 0.3) is 0 Å².